The predicted molar refractivity (Wildman–Crippen MR) is 136 cm³/mol. The third kappa shape index (κ3) is 3.48. The van der Waals surface area contributed by atoms with Crippen LogP contribution in [0.15, 0.2) is 43.1 Å². The fourth-order valence-corrected chi connectivity index (χ4v) is 5.14. The van der Waals surface area contributed by atoms with Crippen molar-refractivity contribution in [2.75, 3.05) is 36.0 Å². The molecule has 0 atom stereocenters. The summed E-state index contributed by atoms with van der Waals surface area (Å²) in [5.41, 5.74) is 12.3. The van der Waals surface area contributed by atoms with Crippen LogP contribution >= 0.6 is 0 Å². The van der Waals surface area contributed by atoms with Gasteiger partial charge in [0.05, 0.1) is 59.1 Å². The van der Waals surface area contributed by atoms with Crippen LogP contribution in [0, 0.1) is 0 Å². The molecule has 10 nitrogen and oxygen atoms in total. The van der Waals surface area contributed by atoms with Crippen LogP contribution in [0.1, 0.15) is 19.3 Å². The lowest BCUT2D eigenvalue weighted by atomic mass is 10.1. The van der Waals surface area contributed by atoms with Gasteiger partial charge in [0.1, 0.15) is 17.2 Å². The number of piperidine rings is 1. The van der Waals surface area contributed by atoms with Gasteiger partial charge in [-0.1, -0.05) is 0 Å². The Morgan fingerprint density at radius 3 is 2.54 bits per heavy atom. The van der Waals surface area contributed by atoms with Crippen LogP contribution in [-0.2, 0) is 0 Å². The first-order valence-electron chi connectivity index (χ1n) is 12.1. The zero-order valence-corrected chi connectivity index (χ0v) is 19.3. The maximum absolute atomic E-state index is 5.94. The van der Waals surface area contributed by atoms with Crippen molar-refractivity contribution >= 4 is 33.3 Å². The lowest BCUT2D eigenvalue weighted by Crippen LogP contribution is -2.56. The lowest BCUT2D eigenvalue weighted by molar-refractivity contribution is 0.514. The van der Waals surface area contributed by atoms with Crippen molar-refractivity contribution in [3.63, 3.8) is 0 Å². The summed E-state index contributed by atoms with van der Waals surface area (Å²) < 4.78 is 0. The Morgan fingerprint density at radius 2 is 1.69 bits per heavy atom. The van der Waals surface area contributed by atoms with Gasteiger partial charge in [-0.05, 0) is 31.4 Å². The van der Waals surface area contributed by atoms with E-state index in [0.29, 0.717) is 0 Å². The number of anilines is 2. The quantitative estimate of drug-likeness (QED) is 0.369. The minimum absolute atomic E-state index is 0.199. The number of H-pyrrole nitrogens is 2. The molecule has 0 spiro atoms. The Hall–Kier alpha value is -4.05. The van der Waals surface area contributed by atoms with E-state index in [1.165, 1.54) is 30.3 Å². The molecule has 10 heteroatoms. The molecule has 2 fully saturated rings. The van der Waals surface area contributed by atoms with Crippen molar-refractivity contribution in [2.24, 2.45) is 5.73 Å². The van der Waals surface area contributed by atoms with Gasteiger partial charge >= 0.3 is 0 Å². The molecule has 2 saturated heterocycles. The summed E-state index contributed by atoms with van der Waals surface area (Å²) in [4.78, 5) is 26.4. The Kier molecular flexibility index (Phi) is 4.66. The maximum Gasteiger partial charge on any atom is 0.147 e. The summed E-state index contributed by atoms with van der Waals surface area (Å²) >= 11 is 0. The fraction of sp³-hybridized carbons (Fsp3) is 0.320. The van der Waals surface area contributed by atoms with E-state index in [4.69, 9.17) is 10.7 Å². The number of aromatic nitrogens is 7. The van der Waals surface area contributed by atoms with E-state index >= 15 is 0 Å². The van der Waals surface area contributed by atoms with Gasteiger partial charge < -0.3 is 20.5 Å². The third-order valence-electron chi connectivity index (χ3n) is 7.04. The van der Waals surface area contributed by atoms with E-state index in [2.05, 4.69) is 46.0 Å². The van der Waals surface area contributed by atoms with E-state index in [0.717, 1.165) is 71.2 Å². The van der Waals surface area contributed by atoms with Crippen LogP contribution in [0.4, 0.5) is 11.5 Å². The smallest absolute Gasteiger partial charge is 0.147 e. The first-order valence-corrected chi connectivity index (χ1v) is 12.1. The zero-order valence-electron chi connectivity index (χ0n) is 19.3. The molecular weight excluding hydrogens is 440 g/mol. The first kappa shape index (κ1) is 20.3. The Bertz CT molecular complexity index is 1520. The monoisotopic (exact) mass is 466 g/mol. The molecule has 2 aliphatic rings. The van der Waals surface area contributed by atoms with Gasteiger partial charge in [0.15, 0.2) is 0 Å². The molecule has 0 unspecified atom stereocenters. The molecule has 0 aromatic carbocycles. The Morgan fingerprint density at radius 1 is 0.829 bits per heavy atom. The van der Waals surface area contributed by atoms with Gasteiger partial charge in [0, 0.05) is 43.0 Å². The summed E-state index contributed by atoms with van der Waals surface area (Å²) in [5.74, 6) is 0.826. The van der Waals surface area contributed by atoms with Crippen molar-refractivity contribution in [3.8, 4) is 22.8 Å². The van der Waals surface area contributed by atoms with E-state index in [9.17, 15) is 0 Å². The molecule has 2 aliphatic heterocycles. The van der Waals surface area contributed by atoms with E-state index in [-0.39, 0.29) is 6.04 Å². The fourth-order valence-electron chi connectivity index (χ4n) is 5.14. The number of aromatic amines is 2. The number of rotatable bonds is 4. The molecule has 7 rings (SSSR count). The number of fused-ring (bicyclic) bond motifs is 2. The summed E-state index contributed by atoms with van der Waals surface area (Å²) in [6.07, 6.45) is 12.9. The molecule has 35 heavy (non-hydrogen) atoms. The highest BCUT2D eigenvalue weighted by atomic mass is 15.3. The largest absolute Gasteiger partial charge is 0.370 e. The molecule has 176 valence electrons. The lowest BCUT2D eigenvalue weighted by Gasteiger charge is -2.37. The minimum atomic E-state index is 0.199. The summed E-state index contributed by atoms with van der Waals surface area (Å²) in [7, 11) is 0. The van der Waals surface area contributed by atoms with Crippen molar-refractivity contribution in [3.05, 3.63) is 43.1 Å². The molecule has 0 saturated carbocycles. The number of hydrogen-bond donors (Lipinski definition) is 3. The third-order valence-corrected chi connectivity index (χ3v) is 7.04. The summed E-state index contributed by atoms with van der Waals surface area (Å²) in [6.45, 7) is 3.74. The van der Waals surface area contributed by atoms with Gasteiger partial charge in [0.2, 0.25) is 0 Å². The highest BCUT2D eigenvalue weighted by Gasteiger charge is 2.25. The normalized spacial score (nSPS) is 16.8. The summed E-state index contributed by atoms with van der Waals surface area (Å²) in [6, 6.07) is 4.41. The van der Waals surface area contributed by atoms with Crippen molar-refractivity contribution in [1.82, 2.24) is 35.1 Å². The number of nitrogens with one attached hydrogen (secondary N) is 2. The molecule has 7 heterocycles. The molecule has 0 radical (unpaired) electrons. The number of nitrogens with zero attached hydrogens (tertiary/aromatic N) is 7. The van der Waals surface area contributed by atoms with E-state index < -0.39 is 0 Å². The highest BCUT2D eigenvalue weighted by molar-refractivity contribution is 6.00. The van der Waals surface area contributed by atoms with Gasteiger partial charge in [-0.2, -0.15) is 5.10 Å². The number of nitrogens with two attached hydrogens (primary N) is 1. The number of hydrogen-bond acceptors (Lipinski definition) is 8. The average molecular weight is 467 g/mol. The van der Waals surface area contributed by atoms with Gasteiger partial charge in [-0.15, -0.1) is 0 Å². The molecule has 5 aromatic heterocycles. The molecule has 0 bridgehead atoms. The zero-order chi connectivity index (χ0) is 23.4. The van der Waals surface area contributed by atoms with Crippen LogP contribution in [0.25, 0.3) is 44.6 Å². The highest BCUT2D eigenvalue weighted by Crippen LogP contribution is 2.34. The van der Waals surface area contributed by atoms with Crippen LogP contribution in [0.5, 0.6) is 0 Å². The van der Waals surface area contributed by atoms with Crippen molar-refractivity contribution in [1.29, 1.82) is 0 Å². The second-order valence-electron chi connectivity index (χ2n) is 9.47. The Balaban J connectivity index is 1.28. The van der Waals surface area contributed by atoms with Crippen LogP contribution in [-0.4, -0.2) is 67.3 Å². The minimum Gasteiger partial charge on any atom is -0.370 e. The van der Waals surface area contributed by atoms with Crippen LogP contribution in [0.3, 0.4) is 0 Å². The molecule has 0 amide bonds. The second-order valence-corrected chi connectivity index (χ2v) is 9.47. The van der Waals surface area contributed by atoms with Gasteiger partial charge in [0.25, 0.3) is 0 Å². The first-order chi connectivity index (χ1) is 17.2. The Labute approximate surface area is 201 Å². The van der Waals surface area contributed by atoms with Gasteiger partial charge in [-0.25, -0.2) is 4.98 Å². The van der Waals surface area contributed by atoms with Crippen molar-refractivity contribution in [2.45, 2.75) is 25.3 Å². The van der Waals surface area contributed by atoms with E-state index in [1.54, 1.807) is 18.6 Å². The molecule has 0 aliphatic carbocycles. The van der Waals surface area contributed by atoms with Crippen molar-refractivity contribution < 1.29 is 0 Å². The molecule has 4 N–H and O–H groups in total. The SMILES string of the molecule is NC1CN(c2cncc(-c3cc4c(-c5cc6c(N7CCCCC7)cncc6[nH]5)n[nH]c4cn3)n2)C1. The molecular formula is C25H26N10. The van der Waals surface area contributed by atoms with E-state index in [1.807, 2.05) is 18.5 Å². The topological polar surface area (TPSA) is 129 Å². The van der Waals surface area contributed by atoms with Crippen LogP contribution in [0.2, 0.25) is 0 Å². The standard InChI is InChI=1S/C25H26N10/c26-15-13-35(14-15)24-12-28-9-22(31-24)18-7-17-21(10-29-18)32-33-25(17)19-6-16-20(30-19)8-27-11-23(16)34-4-2-1-3-5-34/h6-12,15,30H,1-5,13-14,26H2,(H,32,33). The average Bonchev–Trinajstić information content (AvgIpc) is 3.51. The second kappa shape index (κ2) is 8.02. The number of pyridine rings is 2. The predicted octanol–water partition coefficient (Wildman–Crippen LogP) is 3.10. The summed E-state index contributed by atoms with van der Waals surface area (Å²) in [5, 5.41) is 9.90. The molecule has 5 aromatic rings. The van der Waals surface area contributed by atoms with Crippen LogP contribution < -0.4 is 15.5 Å². The van der Waals surface area contributed by atoms with Gasteiger partial charge in [-0.3, -0.25) is 20.1 Å². The maximum atomic E-state index is 5.94.